The highest BCUT2D eigenvalue weighted by molar-refractivity contribution is 5.69. The lowest BCUT2D eigenvalue weighted by molar-refractivity contribution is 0.913. The molecule has 0 radical (unpaired) electrons. The van der Waals surface area contributed by atoms with E-state index in [9.17, 15) is 0 Å². The summed E-state index contributed by atoms with van der Waals surface area (Å²) < 4.78 is 1.94. The van der Waals surface area contributed by atoms with Crippen LogP contribution >= 0.6 is 0 Å². The smallest absolute Gasteiger partial charge is 0.0951 e. The minimum absolute atomic E-state index is 0.821. The lowest BCUT2D eigenvalue weighted by atomic mass is 10.0. The number of benzene rings is 1. The molecule has 1 aromatic carbocycles. The van der Waals surface area contributed by atoms with Crippen molar-refractivity contribution in [2.24, 2.45) is 7.05 Å². The van der Waals surface area contributed by atoms with E-state index >= 15 is 0 Å². The van der Waals surface area contributed by atoms with E-state index in [1.807, 2.05) is 30.8 Å². The van der Waals surface area contributed by atoms with E-state index in [-0.39, 0.29) is 0 Å². The summed E-state index contributed by atoms with van der Waals surface area (Å²) in [4.78, 5) is 4.33. The van der Waals surface area contributed by atoms with E-state index in [0.717, 1.165) is 22.5 Å². The number of hydrogen-bond donors (Lipinski definition) is 1. The zero-order chi connectivity index (χ0) is 11.0. The van der Waals surface area contributed by atoms with E-state index < -0.39 is 0 Å². The van der Waals surface area contributed by atoms with E-state index in [2.05, 4.69) is 18.0 Å². The molecule has 0 saturated heterocycles. The Morgan fingerprint density at radius 1 is 1.20 bits per heavy atom. The number of nitrogens with zero attached hydrogens (tertiary/aromatic N) is 2. The fraction of sp³-hybridized carbons (Fsp3) is 0.250. The van der Waals surface area contributed by atoms with Crippen molar-refractivity contribution in [3.63, 3.8) is 0 Å². The number of aryl methyl sites for hydroxylation is 3. The molecular formula is C12H15N3. The minimum Gasteiger partial charge on any atom is -0.398 e. The minimum atomic E-state index is 0.821. The van der Waals surface area contributed by atoms with E-state index in [1.165, 1.54) is 5.56 Å². The third kappa shape index (κ3) is 1.73. The van der Waals surface area contributed by atoms with Gasteiger partial charge in [-0.05, 0) is 31.0 Å². The molecule has 1 aromatic heterocycles. The quantitative estimate of drug-likeness (QED) is 0.719. The maximum absolute atomic E-state index is 5.90. The monoisotopic (exact) mass is 201 g/mol. The molecule has 0 unspecified atom stereocenters. The SMILES string of the molecule is Cc1cc(C)c(-c2cn(C)cn2)cc1N. The van der Waals surface area contributed by atoms with Gasteiger partial charge in [-0.25, -0.2) is 4.98 Å². The molecule has 0 aliphatic rings. The third-order valence-corrected chi connectivity index (χ3v) is 2.59. The van der Waals surface area contributed by atoms with Crippen molar-refractivity contribution in [1.82, 2.24) is 9.55 Å². The van der Waals surface area contributed by atoms with Crippen LogP contribution in [0.2, 0.25) is 0 Å². The maximum Gasteiger partial charge on any atom is 0.0951 e. The molecular weight excluding hydrogens is 186 g/mol. The first-order valence-corrected chi connectivity index (χ1v) is 4.93. The van der Waals surface area contributed by atoms with Crippen LogP contribution in [0.15, 0.2) is 24.7 Å². The number of aromatic nitrogens is 2. The van der Waals surface area contributed by atoms with Crippen LogP contribution in [0.25, 0.3) is 11.3 Å². The van der Waals surface area contributed by atoms with Crippen molar-refractivity contribution in [3.05, 3.63) is 35.8 Å². The molecule has 3 heteroatoms. The van der Waals surface area contributed by atoms with Crippen LogP contribution in [0.5, 0.6) is 0 Å². The number of nitrogens with two attached hydrogens (primary N) is 1. The van der Waals surface area contributed by atoms with Crippen LogP contribution in [-0.2, 0) is 7.05 Å². The summed E-state index contributed by atoms with van der Waals surface area (Å²) in [5, 5.41) is 0. The summed E-state index contributed by atoms with van der Waals surface area (Å²) >= 11 is 0. The van der Waals surface area contributed by atoms with Crippen LogP contribution in [0.3, 0.4) is 0 Å². The summed E-state index contributed by atoms with van der Waals surface area (Å²) in [6.45, 7) is 4.10. The van der Waals surface area contributed by atoms with Gasteiger partial charge >= 0.3 is 0 Å². The van der Waals surface area contributed by atoms with Crippen LogP contribution < -0.4 is 5.73 Å². The Hall–Kier alpha value is -1.77. The number of rotatable bonds is 1. The molecule has 0 saturated carbocycles. The van der Waals surface area contributed by atoms with Crippen LogP contribution in [0.4, 0.5) is 5.69 Å². The van der Waals surface area contributed by atoms with Gasteiger partial charge < -0.3 is 10.3 Å². The standard InChI is InChI=1S/C12H15N3/c1-8-4-9(2)11(13)5-10(8)12-6-15(3)7-14-12/h4-7H,13H2,1-3H3. The normalized spacial score (nSPS) is 10.6. The molecule has 2 rings (SSSR count). The van der Waals surface area contributed by atoms with Gasteiger partial charge in [0.1, 0.15) is 0 Å². The zero-order valence-electron chi connectivity index (χ0n) is 9.28. The van der Waals surface area contributed by atoms with Crippen molar-refractivity contribution >= 4 is 5.69 Å². The number of nitrogen functional groups attached to an aromatic ring is 1. The van der Waals surface area contributed by atoms with Crippen molar-refractivity contribution in [2.75, 3.05) is 5.73 Å². The second kappa shape index (κ2) is 3.42. The molecule has 0 bridgehead atoms. The van der Waals surface area contributed by atoms with Gasteiger partial charge in [-0.2, -0.15) is 0 Å². The number of imidazole rings is 1. The largest absolute Gasteiger partial charge is 0.398 e. The first-order chi connectivity index (χ1) is 7.08. The maximum atomic E-state index is 5.90. The molecule has 2 N–H and O–H groups in total. The van der Waals surface area contributed by atoms with Crippen LogP contribution in [0.1, 0.15) is 11.1 Å². The molecule has 0 fully saturated rings. The predicted molar refractivity (Wildman–Crippen MR) is 62.5 cm³/mol. The average molecular weight is 201 g/mol. The predicted octanol–water partition coefficient (Wildman–Crippen LogP) is 2.29. The molecule has 0 spiro atoms. The zero-order valence-corrected chi connectivity index (χ0v) is 9.28. The highest BCUT2D eigenvalue weighted by Crippen LogP contribution is 2.26. The van der Waals surface area contributed by atoms with Crippen molar-refractivity contribution in [2.45, 2.75) is 13.8 Å². The van der Waals surface area contributed by atoms with Crippen LogP contribution in [0, 0.1) is 13.8 Å². The van der Waals surface area contributed by atoms with Gasteiger partial charge in [0.2, 0.25) is 0 Å². The molecule has 78 valence electrons. The lowest BCUT2D eigenvalue weighted by Crippen LogP contribution is -1.93. The second-order valence-electron chi connectivity index (χ2n) is 3.95. The molecule has 0 aliphatic heterocycles. The molecule has 3 nitrogen and oxygen atoms in total. The molecule has 15 heavy (non-hydrogen) atoms. The van der Waals surface area contributed by atoms with E-state index in [4.69, 9.17) is 5.73 Å². The Morgan fingerprint density at radius 2 is 1.93 bits per heavy atom. The second-order valence-corrected chi connectivity index (χ2v) is 3.95. The summed E-state index contributed by atoms with van der Waals surface area (Å²) in [5.41, 5.74) is 11.1. The van der Waals surface area contributed by atoms with E-state index in [0.29, 0.717) is 0 Å². The van der Waals surface area contributed by atoms with Gasteiger partial charge in [0, 0.05) is 24.5 Å². The van der Waals surface area contributed by atoms with Crippen molar-refractivity contribution < 1.29 is 0 Å². The molecule has 2 aromatic rings. The fourth-order valence-corrected chi connectivity index (χ4v) is 1.70. The van der Waals surface area contributed by atoms with Gasteiger partial charge in [-0.3, -0.25) is 0 Å². The number of hydrogen-bond acceptors (Lipinski definition) is 2. The lowest BCUT2D eigenvalue weighted by Gasteiger charge is -2.07. The van der Waals surface area contributed by atoms with Gasteiger partial charge in [0.05, 0.1) is 12.0 Å². The van der Waals surface area contributed by atoms with Gasteiger partial charge in [-0.15, -0.1) is 0 Å². The van der Waals surface area contributed by atoms with Crippen molar-refractivity contribution in [3.8, 4) is 11.3 Å². The first-order valence-electron chi connectivity index (χ1n) is 4.93. The highest BCUT2D eigenvalue weighted by Gasteiger charge is 2.06. The van der Waals surface area contributed by atoms with Gasteiger partial charge in [0.15, 0.2) is 0 Å². The Kier molecular flexibility index (Phi) is 2.23. The van der Waals surface area contributed by atoms with Gasteiger partial charge in [0.25, 0.3) is 0 Å². The molecule has 0 aliphatic carbocycles. The molecule has 0 atom stereocenters. The Labute approximate surface area is 89.6 Å². The summed E-state index contributed by atoms with van der Waals surface area (Å²) in [7, 11) is 1.96. The Balaban J connectivity index is 2.58. The topological polar surface area (TPSA) is 43.8 Å². The van der Waals surface area contributed by atoms with Gasteiger partial charge in [-0.1, -0.05) is 6.07 Å². The Bertz CT molecular complexity index is 498. The summed E-state index contributed by atoms with van der Waals surface area (Å²) in [6, 6.07) is 4.09. The molecule has 1 heterocycles. The molecule has 0 amide bonds. The summed E-state index contributed by atoms with van der Waals surface area (Å²) in [5.74, 6) is 0. The average Bonchev–Trinajstić information content (AvgIpc) is 2.58. The van der Waals surface area contributed by atoms with E-state index in [1.54, 1.807) is 6.33 Å². The summed E-state index contributed by atoms with van der Waals surface area (Å²) in [6.07, 6.45) is 3.79. The van der Waals surface area contributed by atoms with Crippen LogP contribution in [-0.4, -0.2) is 9.55 Å². The Morgan fingerprint density at radius 3 is 2.53 bits per heavy atom. The first kappa shape index (κ1) is 9.77. The fourth-order valence-electron chi connectivity index (χ4n) is 1.70. The van der Waals surface area contributed by atoms with Crippen molar-refractivity contribution in [1.29, 1.82) is 0 Å². The number of anilines is 1. The third-order valence-electron chi connectivity index (χ3n) is 2.59. The highest BCUT2D eigenvalue weighted by atomic mass is 15.0.